The van der Waals surface area contributed by atoms with Gasteiger partial charge in [0.25, 0.3) is 0 Å². The molecule has 0 aliphatic carbocycles. The number of aromatic nitrogens is 1. The second kappa shape index (κ2) is 5.60. The maximum absolute atomic E-state index is 13.0. The quantitative estimate of drug-likeness (QED) is 0.865. The standard InChI is InChI=1S/C13H11F3N2O/c1-19-13-8(3-2-4-17-13)7-18-9-5-10(14)12(16)11(15)6-9/h2-6,18H,7H2,1H3. The first-order valence-electron chi connectivity index (χ1n) is 5.48. The summed E-state index contributed by atoms with van der Waals surface area (Å²) in [7, 11) is 1.48. The Labute approximate surface area is 108 Å². The zero-order valence-corrected chi connectivity index (χ0v) is 10.1. The molecular formula is C13H11F3N2O. The highest BCUT2D eigenvalue weighted by atomic mass is 19.2. The first-order chi connectivity index (χ1) is 9.11. The monoisotopic (exact) mass is 268 g/mol. The Morgan fingerprint density at radius 3 is 2.53 bits per heavy atom. The maximum Gasteiger partial charge on any atom is 0.218 e. The van der Waals surface area contributed by atoms with Gasteiger partial charge >= 0.3 is 0 Å². The molecule has 0 radical (unpaired) electrons. The van der Waals surface area contributed by atoms with Crippen LogP contribution in [0.25, 0.3) is 0 Å². The molecule has 0 fully saturated rings. The van der Waals surface area contributed by atoms with Gasteiger partial charge in [-0.25, -0.2) is 18.2 Å². The first-order valence-corrected chi connectivity index (χ1v) is 5.48. The lowest BCUT2D eigenvalue weighted by atomic mass is 10.2. The van der Waals surface area contributed by atoms with Gasteiger partial charge in [0.05, 0.1) is 7.11 Å². The minimum absolute atomic E-state index is 0.141. The molecule has 2 aromatic rings. The highest BCUT2D eigenvalue weighted by Gasteiger charge is 2.11. The van der Waals surface area contributed by atoms with E-state index in [9.17, 15) is 13.2 Å². The second-order valence-corrected chi connectivity index (χ2v) is 3.78. The Balaban J connectivity index is 2.15. The van der Waals surface area contributed by atoms with Crippen molar-refractivity contribution < 1.29 is 17.9 Å². The summed E-state index contributed by atoms with van der Waals surface area (Å²) in [5.41, 5.74) is 0.859. The average Bonchev–Trinajstić information content (AvgIpc) is 2.42. The van der Waals surface area contributed by atoms with E-state index < -0.39 is 17.5 Å². The van der Waals surface area contributed by atoms with Gasteiger partial charge in [0.15, 0.2) is 17.5 Å². The zero-order valence-electron chi connectivity index (χ0n) is 10.1. The van der Waals surface area contributed by atoms with Gasteiger partial charge in [-0.1, -0.05) is 6.07 Å². The van der Waals surface area contributed by atoms with E-state index in [1.807, 2.05) is 0 Å². The molecular weight excluding hydrogens is 257 g/mol. The number of hydrogen-bond acceptors (Lipinski definition) is 3. The van der Waals surface area contributed by atoms with Crippen LogP contribution < -0.4 is 10.1 Å². The molecule has 0 saturated heterocycles. The predicted molar refractivity (Wildman–Crippen MR) is 64.4 cm³/mol. The predicted octanol–water partition coefficient (Wildman–Crippen LogP) is 3.12. The van der Waals surface area contributed by atoms with Crippen molar-refractivity contribution in [1.82, 2.24) is 4.98 Å². The molecule has 2 rings (SSSR count). The van der Waals surface area contributed by atoms with Crippen LogP contribution in [0.2, 0.25) is 0 Å². The van der Waals surface area contributed by atoms with E-state index in [1.165, 1.54) is 7.11 Å². The fourth-order valence-corrected chi connectivity index (χ4v) is 1.60. The molecule has 1 aromatic carbocycles. The lowest BCUT2D eigenvalue weighted by Gasteiger charge is -2.10. The molecule has 19 heavy (non-hydrogen) atoms. The third kappa shape index (κ3) is 2.96. The van der Waals surface area contributed by atoms with E-state index >= 15 is 0 Å². The van der Waals surface area contributed by atoms with Crippen LogP contribution >= 0.6 is 0 Å². The molecule has 0 atom stereocenters. The van der Waals surface area contributed by atoms with Crippen molar-refractivity contribution in [2.45, 2.75) is 6.54 Å². The van der Waals surface area contributed by atoms with Gasteiger partial charge in [-0.05, 0) is 6.07 Å². The van der Waals surface area contributed by atoms with Gasteiger partial charge in [0.1, 0.15) is 0 Å². The minimum Gasteiger partial charge on any atom is -0.481 e. The number of anilines is 1. The number of ether oxygens (including phenoxy) is 1. The number of nitrogens with one attached hydrogen (secondary N) is 1. The summed E-state index contributed by atoms with van der Waals surface area (Å²) in [5, 5.41) is 2.78. The summed E-state index contributed by atoms with van der Waals surface area (Å²) in [6, 6.07) is 5.25. The zero-order chi connectivity index (χ0) is 13.8. The van der Waals surface area contributed by atoms with Crippen LogP contribution in [0.15, 0.2) is 30.5 Å². The van der Waals surface area contributed by atoms with Crippen molar-refractivity contribution >= 4 is 5.69 Å². The number of rotatable bonds is 4. The fraction of sp³-hybridized carbons (Fsp3) is 0.154. The third-order valence-corrected chi connectivity index (χ3v) is 2.51. The van der Waals surface area contributed by atoms with Crippen molar-refractivity contribution in [3.63, 3.8) is 0 Å². The second-order valence-electron chi connectivity index (χ2n) is 3.78. The number of pyridine rings is 1. The van der Waals surface area contributed by atoms with E-state index in [1.54, 1.807) is 18.3 Å². The van der Waals surface area contributed by atoms with E-state index in [0.717, 1.165) is 17.7 Å². The molecule has 6 heteroatoms. The number of benzene rings is 1. The Kier molecular flexibility index (Phi) is 3.89. The number of halogens is 3. The van der Waals surface area contributed by atoms with Gasteiger partial charge in [0.2, 0.25) is 5.88 Å². The fourth-order valence-electron chi connectivity index (χ4n) is 1.60. The van der Waals surface area contributed by atoms with Crippen LogP contribution in [-0.4, -0.2) is 12.1 Å². The summed E-state index contributed by atoms with van der Waals surface area (Å²) in [5.74, 6) is -3.54. The molecule has 0 unspecified atom stereocenters. The highest BCUT2D eigenvalue weighted by molar-refractivity contribution is 5.45. The first kappa shape index (κ1) is 13.2. The summed E-state index contributed by atoms with van der Waals surface area (Å²) < 4.78 is 43.9. The summed E-state index contributed by atoms with van der Waals surface area (Å²) in [4.78, 5) is 3.99. The van der Waals surface area contributed by atoms with Crippen LogP contribution in [-0.2, 0) is 6.54 Å². The maximum atomic E-state index is 13.0. The van der Waals surface area contributed by atoms with Gasteiger partial charge in [-0.15, -0.1) is 0 Å². The Morgan fingerprint density at radius 2 is 1.89 bits per heavy atom. The van der Waals surface area contributed by atoms with Gasteiger partial charge < -0.3 is 10.1 Å². The van der Waals surface area contributed by atoms with Gasteiger partial charge in [-0.2, -0.15) is 0 Å². The smallest absolute Gasteiger partial charge is 0.218 e. The van der Waals surface area contributed by atoms with E-state index in [-0.39, 0.29) is 12.2 Å². The number of nitrogens with zero attached hydrogens (tertiary/aromatic N) is 1. The van der Waals surface area contributed by atoms with Gasteiger partial charge in [-0.3, -0.25) is 0 Å². The Hall–Kier alpha value is -2.24. The molecule has 1 N–H and O–H groups in total. The van der Waals surface area contributed by atoms with E-state index in [2.05, 4.69) is 10.3 Å². The number of hydrogen-bond donors (Lipinski definition) is 1. The molecule has 1 aromatic heterocycles. The molecule has 0 bridgehead atoms. The molecule has 0 aliphatic rings. The molecule has 0 aliphatic heterocycles. The highest BCUT2D eigenvalue weighted by Crippen LogP contribution is 2.20. The van der Waals surface area contributed by atoms with E-state index in [4.69, 9.17) is 4.74 Å². The van der Waals surface area contributed by atoms with Gasteiger partial charge in [0, 0.05) is 36.1 Å². The van der Waals surface area contributed by atoms with Crippen molar-refractivity contribution in [3.05, 3.63) is 53.5 Å². The van der Waals surface area contributed by atoms with Crippen molar-refractivity contribution in [2.75, 3.05) is 12.4 Å². The molecule has 0 saturated carbocycles. The molecule has 100 valence electrons. The molecule has 1 heterocycles. The molecule has 0 spiro atoms. The SMILES string of the molecule is COc1ncccc1CNc1cc(F)c(F)c(F)c1. The molecule has 0 amide bonds. The Morgan fingerprint density at radius 1 is 1.21 bits per heavy atom. The lowest BCUT2D eigenvalue weighted by Crippen LogP contribution is -2.04. The van der Waals surface area contributed by atoms with E-state index in [0.29, 0.717) is 5.88 Å². The van der Waals surface area contributed by atoms with Crippen LogP contribution in [0.1, 0.15) is 5.56 Å². The van der Waals surface area contributed by atoms with Crippen LogP contribution in [0.5, 0.6) is 5.88 Å². The minimum atomic E-state index is -1.48. The topological polar surface area (TPSA) is 34.1 Å². The summed E-state index contributed by atoms with van der Waals surface area (Å²) >= 11 is 0. The summed E-state index contributed by atoms with van der Waals surface area (Å²) in [6.45, 7) is 0.252. The van der Waals surface area contributed by atoms with Crippen molar-refractivity contribution in [3.8, 4) is 5.88 Å². The van der Waals surface area contributed by atoms with Crippen LogP contribution in [0.4, 0.5) is 18.9 Å². The summed E-state index contributed by atoms with van der Waals surface area (Å²) in [6.07, 6.45) is 1.57. The van der Waals surface area contributed by atoms with Crippen molar-refractivity contribution in [2.24, 2.45) is 0 Å². The third-order valence-electron chi connectivity index (χ3n) is 2.51. The number of methoxy groups -OCH3 is 1. The van der Waals surface area contributed by atoms with Crippen LogP contribution in [0.3, 0.4) is 0 Å². The normalized spacial score (nSPS) is 10.3. The van der Waals surface area contributed by atoms with Crippen LogP contribution in [0, 0.1) is 17.5 Å². The van der Waals surface area contributed by atoms with Crippen molar-refractivity contribution in [1.29, 1.82) is 0 Å². The average molecular weight is 268 g/mol. The largest absolute Gasteiger partial charge is 0.481 e. The lowest BCUT2D eigenvalue weighted by molar-refractivity contribution is 0.393. The molecule has 3 nitrogen and oxygen atoms in total. The Bertz CT molecular complexity index is 567.